The lowest BCUT2D eigenvalue weighted by Gasteiger charge is -2.15. The van der Waals surface area contributed by atoms with Crippen molar-refractivity contribution in [3.8, 4) is 0 Å². The third kappa shape index (κ3) is 2.87. The monoisotopic (exact) mass is 321 g/mol. The van der Waals surface area contributed by atoms with E-state index in [2.05, 4.69) is 17.3 Å². The highest BCUT2D eigenvalue weighted by Crippen LogP contribution is 2.27. The number of aromatic nitrogens is 1. The Balaban J connectivity index is 1.72. The van der Waals surface area contributed by atoms with Crippen LogP contribution in [0.3, 0.4) is 0 Å². The maximum absolute atomic E-state index is 6.19. The van der Waals surface area contributed by atoms with Crippen molar-refractivity contribution >= 4 is 40.1 Å². The van der Waals surface area contributed by atoms with Crippen LogP contribution in [0.4, 0.5) is 0 Å². The van der Waals surface area contributed by atoms with Crippen LogP contribution in [0.2, 0.25) is 10.0 Å². The highest BCUT2D eigenvalue weighted by atomic mass is 35.5. The molecule has 0 atom stereocenters. The maximum Gasteiger partial charge on any atom is 0.209 e. The van der Waals surface area contributed by atoms with Crippen LogP contribution in [0.5, 0.6) is 0 Å². The van der Waals surface area contributed by atoms with Gasteiger partial charge in [0, 0.05) is 33.3 Å². The van der Waals surface area contributed by atoms with Gasteiger partial charge in [0.25, 0.3) is 0 Å². The molecule has 3 rings (SSSR count). The Morgan fingerprint density at radius 1 is 1.30 bits per heavy atom. The van der Waals surface area contributed by atoms with Crippen molar-refractivity contribution in [2.75, 3.05) is 6.54 Å². The molecule has 2 nitrogen and oxygen atoms in total. The van der Waals surface area contributed by atoms with E-state index in [0.717, 1.165) is 22.7 Å². The number of thiazole rings is 1. The molecule has 20 heavy (non-hydrogen) atoms. The van der Waals surface area contributed by atoms with Crippen molar-refractivity contribution in [3.63, 3.8) is 0 Å². The summed E-state index contributed by atoms with van der Waals surface area (Å²) >= 11 is 14.0. The summed E-state index contributed by atoms with van der Waals surface area (Å²) in [7, 11) is 0. The summed E-state index contributed by atoms with van der Waals surface area (Å²) in [6, 6.07) is 5.56. The van der Waals surface area contributed by atoms with Gasteiger partial charge in [-0.3, -0.25) is 0 Å². The summed E-state index contributed by atoms with van der Waals surface area (Å²) < 4.78 is 0. The molecule has 0 saturated carbocycles. The zero-order valence-corrected chi connectivity index (χ0v) is 12.8. The molecular weight excluding hydrogens is 311 g/mol. The third-order valence-corrected chi connectivity index (χ3v) is 4.55. The summed E-state index contributed by atoms with van der Waals surface area (Å²) in [6.45, 7) is 1.42. The Labute approximate surface area is 132 Å². The predicted molar refractivity (Wildman–Crippen MR) is 84.8 cm³/mol. The van der Waals surface area contributed by atoms with Crippen LogP contribution in [0.15, 0.2) is 41.9 Å². The fraction of sp³-hybridized carbons (Fsp3) is 0.133. The van der Waals surface area contributed by atoms with E-state index in [0.29, 0.717) is 16.6 Å². The van der Waals surface area contributed by atoms with Gasteiger partial charge in [0.1, 0.15) is 0 Å². The molecule has 2 aromatic rings. The molecule has 0 amide bonds. The van der Waals surface area contributed by atoms with Crippen LogP contribution >= 0.6 is 34.5 Å². The number of hydrogen-bond donors (Lipinski definition) is 0. The van der Waals surface area contributed by atoms with Gasteiger partial charge in [-0.15, -0.1) is 11.3 Å². The van der Waals surface area contributed by atoms with E-state index in [4.69, 9.17) is 23.2 Å². The van der Waals surface area contributed by atoms with Gasteiger partial charge < -0.3 is 0 Å². The summed E-state index contributed by atoms with van der Waals surface area (Å²) in [6.07, 6.45) is 9.15. The predicted octanol–water partition coefficient (Wildman–Crippen LogP) is 4.67. The van der Waals surface area contributed by atoms with Crippen molar-refractivity contribution in [2.45, 2.75) is 6.54 Å². The first-order valence-corrected chi connectivity index (χ1v) is 7.75. The van der Waals surface area contributed by atoms with Gasteiger partial charge in [-0.25, -0.2) is 9.88 Å². The molecule has 1 aromatic carbocycles. The maximum atomic E-state index is 6.19. The molecule has 0 unspecified atom stereocenters. The first kappa shape index (κ1) is 13.6. The number of halogens is 2. The first-order chi connectivity index (χ1) is 9.74. The van der Waals surface area contributed by atoms with E-state index in [-0.39, 0.29) is 0 Å². The largest absolute Gasteiger partial charge is 0.244 e. The summed E-state index contributed by atoms with van der Waals surface area (Å²) in [4.78, 5) is 6.34. The highest BCUT2D eigenvalue weighted by Gasteiger charge is 2.20. The first-order valence-electron chi connectivity index (χ1n) is 6.11. The van der Waals surface area contributed by atoms with E-state index in [1.807, 2.05) is 40.8 Å². The van der Waals surface area contributed by atoms with Gasteiger partial charge in [0.2, 0.25) is 5.01 Å². The zero-order chi connectivity index (χ0) is 13.9. The quantitative estimate of drug-likeness (QED) is 0.764. The van der Waals surface area contributed by atoms with Crippen LogP contribution in [0.25, 0.3) is 5.57 Å². The van der Waals surface area contributed by atoms with Crippen molar-refractivity contribution < 1.29 is 0 Å². The van der Waals surface area contributed by atoms with Crippen LogP contribution in [0.1, 0.15) is 10.6 Å². The SMILES string of the molecule is Clc1cccc(Cl)c1CN1[C+]=CC(c2nccs2)=CC1. The number of allylic oxidation sites excluding steroid dienone is 2. The van der Waals surface area contributed by atoms with Crippen LogP contribution in [-0.4, -0.2) is 16.4 Å². The van der Waals surface area contributed by atoms with Crippen molar-refractivity contribution in [2.24, 2.45) is 0 Å². The molecule has 1 aliphatic rings. The van der Waals surface area contributed by atoms with Gasteiger partial charge in [0.15, 0.2) is 17.8 Å². The Morgan fingerprint density at radius 2 is 2.10 bits per heavy atom. The van der Waals surface area contributed by atoms with Gasteiger partial charge in [0.05, 0.1) is 13.1 Å². The number of nitrogens with zero attached hydrogens (tertiary/aromatic N) is 2. The lowest BCUT2D eigenvalue weighted by atomic mass is 10.1. The van der Waals surface area contributed by atoms with Crippen molar-refractivity contribution in [3.05, 3.63) is 68.7 Å². The van der Waals surface area contributed by atoms with Crippen LogP contribution in [-0.2, 0) is 6.54 Å². The van der Waals surface area contributed by atoms with Gasteiger partial charge in [-0.05, 0) is 12.1 Å². The summed E-state index contributed by atoms with van der Waals surface area (Å²) in [5, 5.41) is 4.37. The highest BCUT2D eigenvalue weighted by molar-refractivity contribution is 7.10. The normalized spacial score (nSPS) is 14.1. The molecule has 0 bridgehead atoms. The standard InChI is InChI=1S/C15H11Cl2N2S/c16-13-2-1-3-14(17)12(13)10-19-7-4-11(5-8-19)15-18-6-9-20-15/h1-6,9H,7,10H2/q+1. The number of benzene rings is 1. The van der Waals surface area contributed by atoms with Crippen molar-refractivity contribution in [1.29, 1.82) is 0 Å². The molecule has 0 saturated heterocycles. The van der Waals surface area contributed by atoms with Crippen molar-refractivity contribution in [1.82, 2.24) is 9.88 Å². The Morgan fingerprint density at radius 3 is 2.70 bits per heavy atom. The van der Waals surface area contributed by atoms with Gasteiger partial charge >= 0.3 is 0 Å². The zero-order valence-electron chi connectivity index (χ0n) is 10.5. The third-order valence-electron chi connectivity index (χ3n) is 3.02. The van der Waals surface area contributed by atoms with E-state index in [1.54, 1.807) is 11.3 Å². The molecule has 0 fully saturated rings. The average Bonchev–Trinajstić information content (AvgIpc) is 2.98. The molecule has 1 aliphatic heterocycles. The van der Waals surface area contributed by atoms with E-state index in [1.165, 1.54) is 0 Å². The molecule has 0 radical (unpaired) electrons. The van der Waals surface area contributed by atoms with E-state index >= 15 is 0 Å². The van der Waals surface area contributed by atoms with E-state index in [9.17, 15) is 0 Å². The Kier molecular flexibility index (Phi) is 4.04. The molecule has 0 spiro atoms. The number of rotatable bonds is 3. The Bertz CT molecular complexity index is 642. The molecule has 5 heteroatoms. The molecule has 0 N–H and O–H groups in total. The minimum absolute atomic E-state index is 0.649. The van der Waals surface area contributed by atoms with Crippen LogP contribution in [0, 0.1) is 6.20 Å². The smallest absolute Gasteiger partial charge is 0.209 e. The van der Waals surface area contributed by atoms with Gasteiger partial charge in [-0.2, -0.15) is 0 Å². The topological polar surface area (TPSA) is 16.1 Å². The second kappa shape index (κ2) is 5.94. The molecular formula is C15H11Cl2N2S+. The van der Waals surface area contributed by atoms with Crippen LogP contribution < -0.4 is 0 Å². The molecule has 2 heterocycles. The second-order valence-electron chi connectivity index (χ2n) is 4.35. The fourth-order valence-corrected chi connectivity index (χ4v) is 3.15. The fourth-order valence-electron chi connectivity index (χ4n) is 1.98. The number of hydrogen-bond acceptors (Lipinski definition) is 3. The molecule has 1 aromatic heterocycles. The van der Waals surface area contributed by atoms with Gasteiger partial charge in [-0.1, -0.05) is 29.3 Å². The summed E-state index contributed by atoms with van der Waals surface area (Å²) in [5.74, 6) is 0. The lowest BCUT2D eigenvalue weighted by molar-refractivity contribution is 0.387. The molecule has 0 aliphatic carbocycles. The lowest BCUT2D eigenvalue weighted by Crippen LogP contribution is -2.20. The van der Waals surface area contributed by atoms with E-state index < -0.39 is 0 Å². The minimum atomic E-state index is 0.649. The summed E-state index contributed by atoms with van der Waals surface area (Å²) in [5.41, 5.74) is 2.05. The molecule has 100 valence electrons. The Hall–Kier alpha value is -1.38. The average molecular weight is 322 g/mol. The minimum Gasteiger partial charge on any atom is -0.244 e. The second-order valence-corrected chi connectivity index (χ2v) is 6.06.